The first kappa shape index (κ1) is 24.7. The second-order valence-corrected chi connectivity index (χ2v) is 10.1. The third-order valence-corrected chi connectivity index (χ3v) is 7.08. The van der Waals surface area contributed by atoms with E-state index in [2.05, 4.69) is 20.8 Å². The Labute approximate surface area is 214 Å². The molecule has 0 radical (unpaired) electrons. The van der Waals surface area contributed by atoms with E-state index in [0.717, 1.165) is 24.1 Å². The summed E-state index contributed by atoms with van der Waals surface area (Å²) in [6, 6.07) is 11.2. The number of aromatic amines is 1. The van der Waals surface area contributed by atoms with Gasteiger partial charge in [0.05, 0.1) is 18.3 Å². The molecule has 1 aromatic heterocycles. The third kappa shape index (κ3) is 5.28. The zero-order valence-corrected chi connectivity index (χ0v) is 20.7. The largest absolute Gasteiger partial charge is 0.387 e. The van der Waals surface area contributed by atoms with Crippen LogP contribution in [0.3, 0.4) is 0 Å². The van der Waals surface area contributed by atoms with Crippen molar-refractivity contribution >= 4 is 29.2 Å². The average molecular weight is 506 g/mol. The predicted octanol–water partition coefficient (Wildman–Crippen LogP) is 1.93. The number of carbonyl (C=O) groups excluding carboxylic acids is 4. The second-order valence-electron chi connectivity index (χ2n) is 10.1. The molecule has 0 bridgehead atoms. The van der Waals surface area contributed by atoms with E-state index in [-0.39, 0.29) is 24.9 Å². The molecule has 194 valence electrons. The fraction of sp³-hybridized carbons (Fsp3) is 0.444. The van der Waals surface area contributed by atoms with Crippen LogP contribution in [0.15, 0.2) is 53.8 Å². The van der Waals surface area contributed by atoms with Crippen LogP contribution in [0, 0.1) is 0 Å². The first-order valence-corrected chi connectivity index (χ1v) is 12.8. The van der Waals surface area contributed by atoms with Gasteiger partial charge in [0, 0.05) is 25.1 Å². The maximum Gasteiger partial charge on any atom is 0.289 e. The molecule has 3 N–H and O–H groups in total. The number of carbonyl (C=O) groups is 4. The monoisotopic (exact) mass is 505 g/mol. The number of rotatable bonds is 9. The van der Waals surface area contributed by atoms with Crippen LogP contribution in [-0.2, 0) is 19.2 Å². The minimum atomic E-state index is -0.962. The van der Waals surface area contributed by atoms with Gasteiger partial charge in [0.1, 0.15) is 11.7 Å². The van der Waals surface area contributed by atoms with E-state index in [9.17, 15) is 19.2 Å². The molecule has 10 heteroatoms. The highest BCUT2D eigenvalue weighted by molar-refractivity contribution is 6.38. The number of nitrogens with one attached hydrogen (secondary N) is 3. The van der Waals surface area contributed by atoms with Crippen LogP contribution < -0.4 is 10.6 Å². The van der Waals surface area contributed by atoms with Crippen LogP contribution in [0.4, 0.5) is 0 Å². The summed E-state index contributed by atoms with van der Waals surface area (Å²) in [4.78, 5) is 62.5. The van der Waals surface area contributed by atoms with Crippen LogP contribution in [0.25, 0.3) is 0 Å². The molecule has 3 heterocycles. The number of H-pyrrole nitrogens is 1. The van der Waals surface area contributed by atoms with Crippen molar-refractivity contribution in [3.8, 4) is 0 Å². The van der Waals surface area contributed by atoms with Gasteiger partial charge in [-0.05, 0) is 37.0 Å². The number of Topliss-reactive ketones (excluding diaryl/α,β-unsaturated/α-hetero) is 1. The number of amides is 3. The number of hydrogen-bond donors (Lipinski definition) is 3. The van der Waals surface area contributed by atoms with Crippen molar-refractivity contribution in [2.24, 2.45) is 5.16 Å². The summed E-state index contributed by atoms with van der Waals surface area (Å²) in [7, 11) is 0. The Morgan fingerprint density at radius 3 is 2.62 bits per heavy atom. The van der Waals surface area contributed by atoms with Gasteiger partial charge in [0.25, 0.3) is 11.8 Å². The van der Waals surface area contributed by atoms with Crippen molar-refractivity contribution in [3.63, 3.8) is 0 Å². The molecule has 3 amide bonds. The first-order chi connectivity index (χ1) is 17.9. The van der Waals surface area contributed by atoms with Crippen LogP contribution in [0.2, 0.25) is 0 Å². The molecule has 1 aromatic carbocycles. The number of nitrogens with zero attached hydrogens (tertiary/aromatic N) is 2. The lowest BCUT2D eigenvalue weighted by atomic mass is 9.91. The Morgan fingerprint density at radius 1 is 1.16 bits per heavy atom. The van der Waals surface area contributed by atoms with E-state index in [1.807, 2.05) is 37.3 Å². The highest BCUT2D eigenvalue weighted by Gasteiger charge is 2.54. The normalized spacial score (nSPS) is 23.3. The van der Waals surface area contributed by atoms with Crippen LogP contribution in [-0.4, -0.2) is 69.4 Å². The summed E-state index contributed by atoms with van der Waals surface area (Å²) in [6.07, 6.45) is 4.94. The molecule has 37 heavy (non-hydrogen) atoms. The van der Waals surface area contributed by atoms with Crippen molar-refractivity contribution < 1.29 is 24.0 Å². The number of hydrogen-bond acceptors (Lipinski definition) is 6. The molecule has 1 spiro atoms. The summed E-state index contributed by atoms with van der Waals surface area (Å²) in [5.74, 6) is -2.17. The van der Waals surface area contributed by atoms with Gasteiger partial charge in [-0.1, -0.05) is 48.8 Å². The van der Waals surface area contributed by atoms with Crippen molar-refractivity contribution in [2.75, 3.05) is 6.54 Å². The molecule has 3 aliphatic rings. The fourth-order valence-electron chi connectivity index (χ4n) is 4.98. The Hall–Kier alpha value is -3.95. The highest BCUT2D eigenvalue weighted by atomic mass is 16.7. The molecular weight excluding hydrogens is 474 g/mol. The minimum absolute atomic E-state index is 0.0383. The van der Waals surface area contributed by atoms with E-state index < -0.39 is 35.3 Å². The highest BCUT2D eigenvalue weighted by Crippen LogP contribution is 2.39. The van der Waals surface area contributed by atoms with Crippen molar-refractivity contribution in [1.82, 2.24) is 20.5 Å². The summed E-state index contributed by atoms with van der Waals surface area (Å²) in [5, 5.41) is 9.76. The van der Waals surface area contributed by atoms with E-state index >= 15 is 0 Å². The Balaban J connectivity index is 1.35. The molecular formula is C27H31N5O5. The lowest BCUT2D eigenvalue weighted by Gasteiger charge is -2.25. The molecule has 0 unspecified atom stereocenters. The molecule has 10 nitrogen and oxygen atoms in total. The molecule has 5 rings (SSSR count). The Bertz CT molecular complexity index is 1210. The molecule has 2 aliphatic heterocycles. The van der Waals surface area contributed by atoms with Crippen LogP contribution in [0.1, 0.15) is 61.5 Å². The van der Waals surface area contributed by atoms with Gasteiger partial charge in [-0.2, -0.15) is 0 Å². The Kier molecular flexibility index (Phi) is 6.82. The number of aromatic nitrogens is 1. The van der Waals surface area contributed by atoms with Gasteiger partial charge < -0.3 is 25.4 Å². The van der Waals surface area contributed by atoms with Gasteiger partial charge in [0.2, 0.25) is 11.7 Å². The number of oxime groups is 1. The first-order valence-electron chi connectivity index (χ1n) is 12.8. The number of benzene rings is 1. The number of likely N-dealkylation sites (tertiary alicyclic amines) is 1. The number of ketones is 1. The van der Waals surface area contributed by atoms with Gasteiger partial charge in [0.15, 0.2) is 5.60 Å². The lowest BCUT2D eigenvalue weighted by Crippen LogP contribution is -2.53. The second kappa shape index (κ2) is 10.2. The smallest absolute Gasteiger partial charge is 0.289 e. The fourth-order valence-corrected chi connectivity index (χ4v) is 4.98. The van der Waals surface area contributed by atoms with E-state index in [1.54, 1.807) is 18.3 Å². The quantitative estimate of drug-likeness (QED) is 0.448. The zero-order chi connectivity index (χ0) is 26.0. The van der Waals surface area contributed by atoms with E-state index in [0.29, 0.717) is 25.0 Å². The maximum absolute atomic E-state index is 13.6. The standard InChI is InChI=1S/C27H31N5O5/c1-2-7-19(23(33)25(35)29-18-11-12-18)30-24(34)22-15-27(16-32(22)26(36)20-10-6-13-28-20)14-21(31-37-27)17-8-4-3-5-9-17/h3-6,8-10,13,18-19,22,28H,2,7,11-12,14-16H2,1H3,(H,29,35)(H,30,34)/t19-,22-,27+/m0/s1. The molecule has 1 saturated carbocycles. The predicted molar refractivity (Wildman–Crippen MR) is 135 cm³/mol. The molecule has 2 fully saturated rings. The SMILES string of the molecule is CCC[C@H](NC(=O)[C@@H]1C[C@]2(CC(c3ccccc3)=NO2)CN1C(=O)c1ccc[nH]1)C(=O)C(=O)NC1CC1. The van der Waals surface area contributed by atoms with Crippen molar-refractivity contribution in [2.45, 2.75) is 69.2 Å². The molecule has 2 aromatic rings. The summed E-state index contributed by atoms with van der Waals surface area (Å²) in [6.45, 7) is 2.04. The van der Waals surface area contributed by atoms with Crippen molar-refractivity contribution in [3.05, 3.63) is 59.9 Å². The van der Waals surface area contributed by atoms with Gasteiger partial charge >= 0.3 is 0 Å². The topological polar surface area (TPSA) is 133 Å². The maximum atomic E-state index is 13.6. The molecule has 1 saturated heterocycles. The van der Waals surface area contributed by atoms with Gasteiger partial charge in [-0.15, -0.1) is 0 Å². The minimum Gasteiger partial charge on any atom is -0.387 e. The Morgan fingerprint density at radius 2 is 1.95 bits per heavy atom. The van der Waals surface area contributed by atoms with Crippen molar-refractivity contribution in [1.29, 1.82) is 0 Å². The van der Waals surface area contributed by atoms with Gasteiger partial charge in [-0.25, -0.2) is 0 Å². The average Bonchev–Trinajstić information content (AvgIpc) is 3.30. The van der Waals surface area contributed by atoms with E-state index in [4.69, 9.17) is 4.84 Å². The summed E-state index contributed by atoms with van der Waals surface area (Å²) >= 11 is 0. The summed E-state index contributed by atoms with van der Waals surface area (Å²) < 4.78 is 0. The molecule has 3 atom stereocenters. The zero-order valence-electron chi connectivity index (χ0n) is 20.7. The lowest BCUT2D eigenvalue weighted by molar-refractivity contribution is -0.140. The third-order valence-electron chi connectivity index (χ3n) is 7.08. The van der Waals surface area contributed by atoms with E-state index in [1.165, 1.54) is 4.90 Å². The molecule has 1 aliphatic carbocycles. The van der Waals surface area contributed by atoms with Gasteiger partial charge in [-0.3, -0.25) is 19.2 Å². The van der Waals surface area contributed by atoms with Crippen LogP contribution in [0.5, 0.6) is 0 Å². The summed E-state index contributed by atoms with van der Waals surface area (Å²) in [5.41, 5.74) is 1.17. The van der Waals surface area contributed by atoms with Crippen LogP contribution >= 0.6 is 0 Å².